The lowest BCUT2D eigenvalue weighted by Crippen LogP contribution is -2.35. The number of esters is 1. The fourth-order valence-corrected chi connectivity index (χ4v) is 1.60. The highest BCUT2D eigenvalue weighted by atomic mass is 16.7. The van der Waals surface area contributed by atoms with Gasteiger partial charge in [-0.3, -0.25) is 9.59 Å². The average Bonchev–Trinajstić information content (AvgIpc) is 2.70. The third kappa shape index (κ3) is 4.30. The number of amides is 2. The second kappa shape index (κ2) is 7.59. The molecule has 1 saturated heterocycles. The van der Waals surface area contributed by atoms with E-state index in [0.29, 0.717) is 5.06 Å². The number of ether oxygens (including phenoxy) is 2. The van der Waals surface area contributed by atoms with Gasteiger partial charge in [0.05, 0.1) is 13.0 Å². The van der Waals surface area contributed by atoms with E-state index < -0.39 is 36.3 Å². The summed E-state index contributed by atoms with van der Waals surface area (Å²) < 4.78 is 9.83. The molecule has 20 heavy (non-hydrogen) atoms. The van der Waals surface area contributed by atoms with E-state index in [2.05, 4.69) is 4.84 Å². The van der Waals surface area contributed by atoms with Gasteiger partial charge in [-0.05, 0) is 13.8 Å². The van der Waals surface area contributed by atoms with Crippen LogP contribution in [-0.2, 0) is 33.5 Å². The van der Waals surface area contributed by atoms with Crippen LogP contribution in [0.15, 0.2) is 0 Å². The van der Waals surface area contributed by atoms with Crippen LogP contribution in [0.4, 0.5) is 0 Å². The van der Waals surface area contributed by atoms with E-state index in [4.69, 9.17) is 9.47 Å². The molecule has 8 nitrogen and oxygen atoms in total. The predicted octanol–water partition coefficient (Wildman–Crippen LogP) is -0.0481. The molecule has 0 aromatic rings. The molecule has 1 fully saturated rings. The molecule has 0 aromatic carbocycles. The van der Waals surface area contributed by atoms with Crippen molar-refractivity contribution in [3.8, 4) is 0 Å². The predicted molar refractivity (Wildman–Crippen MR) is 63.8 cm³/mol. The smallest absolute Gasteiger partial charge is 0.336 e. The van der Waals surface area contributed by atoms with Crippen molar-refractivity contribution in [2.75, 3.05) is 13.2 Å². The Morgan fingerprint density at radius 1 is 1.15 bits per heavy atom. The number of nitrogens with zero attached hydrogens (tertiary/aromatic N) is 1. The normalized spacial score (nSPS) is 16.2. The molecule has 0 bridgehead atoms. The Morgan fingerprint density at radius 2 is 1.75 bits per heavy atom. The standard InChI is InChI=1S/C12H17NO7/c1-3-18-8(12(17)19-4-2)7-11(16)20-13-9(14)5-6-10(13)15/h8H,3-7H2,1-2H3/t8-/m0/s1. The van der Waals surface area contributed by atoms with Crippen molar-refractivity contribution in [1.29, 1.82) is 0 Å². The molecule has 0 spiro atoms. The van der Waals surface area contributed by atoms with E-state index in [-0.39, 0.29) is 26.1 Å². The molecule has 0 radical (unpaired) electrons. The molecule has 112 valence electrons. The maximum atomic E-state index is 11.6. The van der Waals surface area contributed by atoms with E-state index >= 15 is 0 Å². The van der Waals surface area contributed by atoms with Crippen molar-refractivity contribution in [1.82, 2.24) is 5.06 Å². The summed E-state index contributed by atoms with van der Waals surface area (Å²) in [7, 11) is 0. The van der Waals surface area contributed by atoms with E-state index in [1.807, 2.05) is 0 Å². The van der Waals surface area contributed by atoms with Gasteiger partial charge in [0.25, 0.3) is 11.8 Å². The van der Waals surface area contributed by atoms with Crippen molar-refractivity contribution in [2.45, 2.75) is 39.2 Å². The van der Waals surface area contributed by atoms with Crippen LogP contribution in [0.5, 0.6) is 0 Å². The van der Waals surface area contributed by atoms with Crippen LogP contribution in [-0.4, -0.2) is 48.1 Å². The minimum atomic E-state index is -1.11. The fraction of sp³-hybridized carbons (Fsp3) is 0.667. The number of carbonyl (C=O) groups is 4. The van der Waals surface area contributed by atoms with Crippen LogP contribution in [0.25, 0.3) is 0 Å². The first kappa shape index (κ1) is 16.1. The van der Waals surface area contributed by atoms with Crippen LogP contribution in [0.2, 0.25) is 0 Å². The maximum absolute atomic E-state index is 11.6. The van der Waals surface area contributed by atoms with E-state index in [0.717, 1.165) is 0 Å². The Bertz CT molecular complexity index is 391. The first-order valence-corrected chi connectivity index (χ1v) is 6.34. The zero-order valence-corrected chi connectivity index (χ0v) is 11.4. The lowest BCUT2D eigenvalue weighted by atomic mass is 10.2. The minimum Gasteiger partial charge on any atom is -0.464 e. The number of hydrogen-bond acceptors (Lipinski definition) is 7. The first-order valence-electron chi connectivity index (χ1n) is 6.34. The molecule has 8 heteroatoms. The molecule has 1 aliphatic heterocycles. The summed E-state index contributed by atoms with van der Waals surface area (Å²) in [5, 5.41) is 0.427. The van der Waals surface area contributed by atoms with Crippen molar-refractivity contribution in [2.24, 2.45) is 0 Å². The zero-order chi connectivity index (χ0) is 15.1. The fourth-order valence-electron chi connectivity index (χ4n) is 1.60. The van der Waals surface area contributed by atoms with Gasteiger partial charge in [0.1, 0.15) is 0 Å². The molecule has 2 amide bonds. The molecule has 0 aliphatic carbocycles. The van der Waals surface area contributed by atoms with Crippen LogP contribution in [0.3, 0.4) is 0 Å². The second-order valence-electron chi connectivity index (χ2n) is 3.95. The quantitative estimate of drug-likeness (QED) is 0.478. The van der Waals surface area contributed by atoms with Gasteiger partial charge in [0.2, 0.25) is 0 Å². The largest absolute Gasteiger partial charge is 0.464 e. The van der Waals surface area contributed by atoms with Gasteiger partial charge in [-0.15, -0.1) is 5.06 Å². The van der Waals surface area contributed by atoms with Gasteiger partial charge in [-0.25, -0.2) is 9.59 Å². The van der Waals surface area contributed by atoms with Crippen molar-refractivity contribution >= 4 is 23.8 Å². The molecule has 0 N–H and O–H groups in total. The molecule has 1 atom stereocenters. The number of hydrogen-bond donors (Lipinski definition) is 0. The summed E-state index contributed by atoms with van der Waals surface area (Å²) in [6, 6.07) is 0. The number of hydroxylamine groups is 2. The summed E-state index contributed by atoms with van der Waals surface area (Å²) in [4.78, 5) is 50.4. The van der Waals surface area contributed by atoms with Gasteiger partial charge in [-0.2, -0.15) is 0 Å². The Balaban J connectivity index is 2.55. The summed E-state index contributed by atoms with van der Waals surface area (Å²) in [5.74, 6) is -2.75. The molecule has 0 aromatic heterocycles. The van der Waals surface area contributed by atoms with Crippen LogP contribution >= 0.6 is 0 Å². The van der Waals surface area contributed by atoms with Gasteiger partial charge < -0.3 is 14.3 Å². The van der Waals surface area contributed by atoms with E-state index in [1.165, 1.54) is 0 Å². The van der Waals surface area contributed by atoms with Gasteiger partial charge in [0.15, 0.2) is 6.10 Å². The van der Waals surface area contributed by atoms with Crippen LogP contribution < -0.4 is 0 Å². The van der Waals surface area contributed by atoms with Gasteiger partial charge in [0, 0.05) is 19.4 Å². The lowest BCUT2D eigenvalue weighted by Gasteiger charge is -2.17. The minimum absolute atomic E-state index is 0.0128. The SMILES string of the molecule is CCOC(=O)[C@H](CC(=O)ON1C(=O)CCC1=O)OCC. The monoisotopic (exact) mass is 287 g/mol. The highest BCUT2D eigenvalue weighted by Gasteiger charge is 2.34. The lowest BCUT2D eigenvalue weighted by molar-refractivity contribution is -0.200. The average molecular weight is 287 g/mol. The van der Waals surface area contributed by atoms with E-state index in [1.54, 1.807) is 13.8 Å². The summed E-state index contributed by atoms with van der Waals surface area (Å²) in [6.07, 6.45) is -1.51. The molecule has 0 unspecified atom stereocenters. The third-order valence-corrected chi connectivity index (χ3v) is 2.47. The summed E-state index contributed by atoms with van der Waals surface area (Å²) >= 11 is 0. The molecule has 1 rings (SSSR count). The summed E-state index contributed by atoms with van der Waals surface area (Å²) in [5.41, 5.74) is 0. The Kier molecular flexibility index (Phi) is 6.10. The Labute approximate surface area is 115 Å². The molecule has 1 aliphatic rings. The molecule has 1 heterocycles. The van der Waals surface area contributed by atoms with Gasteiger partial charge in [-0.1, -0.05) is 0 Å². The van der Waals surface area contributed by atoms with E-state index in [9.17, 15) is 19.2 Å². The molecule has 0 saturated carbocycles. The number of carbonyl (C=O) groups excluding carboxylic acids is 4. The highest BCUT2D eigenvalue weighted by molar-refractivity contribution is 6.01. The summed E-state index contributed by atoms with van der Waals surface area (Å²) in [6.45, 7) is 3.64. The third-order valence-electron chi connectivity index (χ3n) is 2.47. The van der Waals surface area contributed by atoms with Crippen molar-refractivity contribution in [3.05, 3.63) is 0 Å². The van der Waals surface area contributed by atoms with Crippen molar-refractivity contribution < 1.29 is 33.5 Å². The van der Waals surface area contributed by atoms with Crippen LogP contribution in [0.1, 0.15) is 33.1 Å². The maximum Gasteiger partial charge on any atom is 0.336 e. The Morgan fingerprint density at radius 3 is 2.25 bits per heavy atom. The topological polar surface area (TPSA) is 99.2 Å². The second-order valence-corrected chi connectivity index (χ2v) is 3.95. The molecular weight excluding hydrogens is 270 g/mol. The van der Waals surface area contributed by atoms with Crippen molar-refractivity contribution in [3.63, 3.8) is 0 Å². The number of rotatable bonds is 7. The van der Waals surface area contributed by atoms with Crippen LogP contribution in [0, 0.1) is 0 Å². The van der Waals surface area contributed by atoms with Gasteiger partial charge >= 0.3 is 11.9 Å². The Hall–Kier alpha value is -1.96. The first-order chi connectivity index (χ1) is 9.49. The molecular formula is C12H17NO7. The number of imide groups is 1. The highest BCUT2D eigenvalue weighted by Crippen LogP contribution is 2.13. The zero-order valence-electron chi connectivity index (χ0n) is 11.4.